The lowest BCUT2D eigenvalue weighted by atomic mass is 9.49. The summed E-state index contributed by atoms with van der Waals surface area (Å²) in [7, 11) is 0. The van der Waals surface area contributed by atoms with Gasteiger partial charge in [0.1, 0.15) is 0 Å². The van der Waals surface area contributed by atoms with E-state index in [-0.39, 0.29) is 11.3 Å². The number of rotatable bonds is 2. The van der Waals surface area contributed by atoms with Gasteiger partial charge in [-0.3, -0.25) is 4.79 Å². The molecule has 98 valence electrons. The molecular formula is C16H23NO. The number of hydrogen-bond donors (Lipinski definition) is 1. The smallest absolute Gasteiger partial charge is 0.227 e. The summed E-state index contributed by atoms with van der Waals surface area (Å²) >= 11 is 0. The van der Waals surface area contributed by atoms with E-state index in [0.717, 1.165) is 37.0 Å². The molecule has 0 heterocycles. The molecule has 4 saturated carbocycles. The number of nitrogens with one attached hydrogen (secondary N) is 1. The van der Waals surface area contributed by atoms with Gasteiger partial charge in [-0.05, 0) is 70.1 Å². The monoisotopic (exact) mass is 245 g/mol. The zero-order valence-electron chi connectivity index (χ0n) is 11.5. The number of hydrogen-bond acceptors (Lipinski definition) is 1. The SMILES string of the molecule is C#CC(C)(C)NC(=O)C12CC3CC(CC(C3)C1)C2. The van der Waals surface area contributed by atoms with E-state index in [1.807, 2.05) is 13.8 Å². The van der Waals surface area contributed by atoms with Gasteiger partial charge in [0.2, 0.25) is 5.91 Å². The zero-order valence-corrected chi connectivity index (χ0v) is 11.5. The third-order valence-electron chi connectivity index (χ3n) is 5.31. The summed E-state index contributed by atoms with van der Waals surface area (Å²) in [6.07, 6.45) is 12.9. The molecule has 0 aromatic heterocycles. The molecule has 4 rings (SSSR count). The highest BCUT2D eigenvalue weighted by atomic mass is 16.2. The largest absolute Gasteiger partial charge is 0.340 e. The fraction of sp³-hybridized carbons (Fsp3) is 0.812. The van der Waals surface area contributed by atoms with E-state index < -0.39 is 5.54 Å². The quantitative estimate of drug-likeness (QED) is 0.745. The molecule has 0 aromatic rings. The first-order valence-electron chi connectivity index (χ1n) is 7.23. The van der Waals surface area contributed by atoms with Crippen LogP contribution in [0, 0.1) is 35.5 Å². The molecule has 0 unspecified atom stereocenters. The van der Waals surface area contributed by atoms with Gasteiger partial charge in [-0.25, -0.2) is 0 Å². The summed E-state index contributed by atoms with van der Waals surface area (Å²) in [5.41, 5.74) is -0.594. The van der Waals surface area contributed by atoms with Crippen molar-refractivity contribution in [2.24, 2.45) is 23.2 Å². The van der Waals surface area contributed by atoms with Crippen LogP contribution in [0.1, 0.15) is 52.4 Å². The Bertz CT molecular complexity index is 380. The third-order valence-corrected chi connectivity index (χ3v) is 5.31. The molecule has 0 saturated heterocycles. The Kier molecular flexibility index (Phi) is 2.52. The summed E-state index contributed by atoms with van der Waals surface area (Å²) in [6.45, 7) is 3.82. The summed E-state index contributed by atoms with van der Waals surface area (Å²) < 4.78 is 0. The van der Waals surface area contributed by atoms with Gasteiger partial charge in [0.25, 0.3) is 0 Å². The summed E-state index contributed by atoms with van der Waals surface area (Å²) in [6, 6.07) is 0. The van der Waals surface area contributed by atoms with Crippen LogP contribution >= 0.6 is 0 Å². The minimum Gasteiger partial charge on any atom is -0.340 e. The second-order valence-electron chi connectivity index (χ2n) is 7.42. The highest BCUT2D eigenvalue weighted by Crippen LogP contribution is 2.60. The molecule has 1 N–H and O–H groups in total. The Morgan fingerprint density at radius 2 is 1.61 bits per heavy atom. The lowest BCUT2D eigenvalue weighted by molar-refractivity contribution is -0.147. The van der Waals surface area contributed by atoms with Crippen LogP contribution in [0.2, 0.25) is 0 Å². The Labute approximate surface area is 110 Å². The first-order valence-corrected chi connectivity index (χ1v) is 7.23. The maximum atomic E-state index is 12.7. The fourth-order valence-electron chi connectivity index (χ4n) is 4.84. The maximum Gasteiger partial charge on any atom is 0.227 e. The molecule has 0 radical (unpaired) electrons. The first-order chi connectivity index (χ1) is 8.42. The lowest BCUT2D eigenvalue weighted by Crippen LogP contribution is -2.57. The van der Waals surface area contributed by atoms with Crippen LogP contribution in [0.4, 0.5) is 0 Å². The van der Waals surface area contributed by atoms with E-state index in [4.69, 9.17) is 6.42 Å². The second-order valence-corrected chi connectivity index (χ2v) is 7.42. The number of terminal acetylenes is 1. The molecule has 4 aliphatic rings. The van der Waals surface area contributed by atoms with Gasteiger partial charge in [-0.2, -0.15) is 0 Å². The van der Waals surface area contributed by atoms with E-state index in [0.29, 0.717) is 0 Å². The van der Waals surface area contributed by atoms with Crippen LogP contribution < -0.4 is 5.32 Å². The molecule has 4 bridgehead atoms. The molecule has 18 heavy (non-hydrogen) atoms. The predicted octanol–water partition coefficient (Wildman–Crippen LogP) is 2.73. The van der Waals surface area contributed by atoms with Crippen molar-refractivity contribution in [1.82, 2.24) is 5.32 Å². The van der Waals surface area contributed by atoms with E-state index in [2.05, 4.69) is 11.2 Å². The van der Waals surface area contributed by atoms with E-state index in [1.54, 1.807) is 0 Å². The molecule has 0 aliphatic heterocycles. The fourth-order valence-corrected chi connectivity index (χ4v) is 4.84. The summed E-state index contributed by atoms with van der Waals surface area (Å²) in [5.74, 6) is 5.30. The molecule has 4 fully saturated rings. The Morgan fingerprint density at radius 1 is 1.17 bits per heavy atom. The highest BCUT2D eigenvalue weighted by molar-refractivity contribution is 5.84. The van der Waals surface area contributed by atoms with E-state index in [9.17, 15) is 4.79 Å². The van der Waals surface area contributed by atoms with E-state index in [1.165, 1.54) is 19.3 Å². The number of amides is 1. The topological polar surface area (TPSA) is 29.1 Å². The average Bonchev–Trinajstić information content (AvgIpc) is 2.26. The van der Waals surface area contributed by atoms with Crippen LogP contribution in [-0.4, -0.2) is 11.4 Å². The van der Waals surface area contributed by atoms with Crippen LogP contribution in [-0.2, 0) is 4.79 Å². The Balaban J connectivity index is 1.79. The van der Waals surface area contributed by atoms with Crippen molar-refractivity contribution in [3.8, 4) is 12.3 Å². The molecule has 4 aliphatic carbocycles. The normalized spacial score (nSPS) is 41.5. The van der Waals surface area contributed by atoms with Gasteiger partial charge >= 0.3 is 0 Å². The predicted molar refractivity (Wildman–Crippen MR) is 71.7 cm³/mol. The van der Waals surface area contributed by atoms with E-state index >= 15 is 0 Å². The van der Waals surface area contributed by atoms with Gasteiger partial charge < -0.3 is 5.32 Å². The number of carbonyl (C=O) groups excluding carboxylic acids is 1. The van der Waals surface area contributed by atoms with Crippen LogP contribution in [0.5, 0.6) is 0 Å². The minimum absolute atomic E-state index is 0.0805. The van der Waals surface area contributed by atoms with Gasteiger partial charge in [-0.1, -0.05) is 5.92 Å². The second kappa shape index (κ2) is 3.76. The maximum absolute atomic E-state index is 12.7. The van der Waals surface area contributed by atoms with Crippen molar-refractivity contribution in [2.45, 2.75) is 57.9 Å². The van der Waals surface area contributed by atoms with Crippen molar-refractivity contribution in [3.05, 3.63) is 0 Å². The van der Waals surface area contributed by atoms with Gasteiger partial charge in [-0.15, -0.1) is 6.42 Å². The molecule has 0 spiro atoms. The molecule has 1 amide bonds. The van der Waals surface area contributed by atoms with Crippen molar-refractivity contribution < 1.29 is 4.79 Å². The highest BCUT2D eigenvalue weighted by Gasteiger charge is 2.54. The van der Waals surface area contributed by atoms with Crippen molar-refractivity contribution >= 4 is 5.91 Å². The average molecular weight is 245 g/mol. The lowest BCUT2D eigenvalue weighted by Gasteiger charge is -2.56. The zero-order chi connectivity index (χ0) is 13.0. The molecule has 0 atom stereocenters. The van der Waals surface area contributed by atoms with Gasteiger partial charge in [0.05, 0.1) is 11.0 Å². The standard InChI is InChI=1S/C16H23NO/c1-4-15(2,3)17-14(18)16-8-11-5-12(9-16)7-13(6-11)10-16/h1,11-13H,5-10H2,2-3H3,(H,17,18). The third kappa shape index (κ3) is 1.85. The molecule has 0 aromatic carbocycles. The Hall–Kier alpha value is -0.970. The van der Waals surface area contributed by atoms with Crippen molar-refractivity contribution in [2.75, 3.05) is 0 Å². The Morgan fingerprint density at radius 3 is 2.00 bits per heavy atom. The van der Waals surface area contributed by atoms with Crippen LogP contribution in [0.15, 0.2) is 0 Å². The van der Waals surface area contributed by atoms with Gasteiger partial charge in [0, 0.05) is 0 Å². The summed E-state index contributed by atoms with van der Waals surface area (Å²) in [4.78, 5) is 12.7. The number of carbonyl (C=O) groups is 1. The van der Waals surface area contributed by atoms with Gasteiger partial charge in [0.15, 0.2) is 0 Å². The summed E-state index contributed by atoms with van der Waals surface area (Å²) in [5, 5.41) is 3.09. The molecule has 2 nitrogen and oxygen atoms in total. The van der Waals surface area contributed by atoms with Crippen molar-refractivity contribution in [1.29, 1.82) is 0 Å². The molecular weight excluding hydrogens is 222 g/mol. The minimum atomic E-state index is -0.513. The van der Waals surface area contributed by atoms with Crippen molar-refractivity contribution in [3.63, 3.8) is 0 Å². The van der Waals surface area contributed by atoms with Crippen LogP contribution in [0.3, 0.4) is 0 Å². The van der Waals surface area contributed by atoms with Crippen LogP contribution in [0.25, 0.3) is 0 Å². The molecule has 2 heteroatoms. The first kappa shape index (κ1) is 12.1.